The van der Waals surface area contributed by atoms with E-state index in [2.05, 4.69) is 66.0 Å². The second-order valence-corrected chi connectivity index (χ2v) is 8.39. The first-order valence-corrected chi connectivity index (χ1v) is 9.76. The monoisotopic (exact) mass is 336 g/mol. The number of hydrogen-bond donors (Lipinski definition) is 1. The molecule has 1 saturated carbocycles. The number of benzene rings is 2. The summed E-state index contributed by atoms with van der Waals surface area (Å²) >= 11 is 1.80. The van der Waals surface area contributed by atoms with Gasteiger partial charge in [0, 0.05) is 5.56 Å². The Morgan fingerprint density at radius 2 is 1.67 bits per heavy atom. The molecule has 2 aromatic rings. The van der Waals surface area contributed by atoms with Gasteiger partial charge in [-0.3, -0.25) is 5.43 Å². The highest BCUT2D eigenvalue weighted by Gasteiger charge is 2.34. The molecule has 24 heavy (non-hydrogen) atoms. The van der Waals surface area contributed by atoms with Crippen LogP contribution in [-0.4, -0.2) is 5.04 Å². The first-order valence-electron chi connectivity index (χ1n) is 8.94. The third kappa shape index (κ3) is 3.10. The van der Waals surface area contributed by atoms with E-state index in [0.29, 0.717) is 0 Å². The summed E-state index contributed by atoms with van der Waals surface area (Å²) in [6, 6.07) is 19.6. The lowest BCUT2D eigenvalue weighted by Crippen LogP contribution is -2.28. The Kier molecular flexibility index (Phi) is 4.36. The van der Waals surface area contributed by atoms with Crippen LogP contribution in [0.4, 0.5) is 0 Å². The molecular formula is C21H24N2S. The molecule has 1 fully saturated rings. The highest BCUT2D eigenvalue weighted by molar-refractivity contribution is 8.15. The average Bonchev–Trinajstić information content (AvgIpc) is 3.07. The summed E-state index contributed by atoms with van der Waals surface area (Å²) < 4.78 is 0. The SMILES string of the molecule is C[C@@]1(c2ccc(C3CCCCC3)cc2)NN=C(c2ccccc2)S1. The van der Waals surface area contributed by atoms with Gasteiger partial charge in [-0.1, -0.05) is 85.6 Å². The van der Waals surface area contributed by atoms with Crippen LogP contribution in [0, 0.1) is 0 Å². The summed E-state index contributed by atoms with van der Waals surface area (Å²) in [6.45, 7) is 2.22. The van der Waals surface area contributed by atoms with Crippen molar-refractivity contribution in [3.05, 3.63) is 71.3 Å². The van der Waals surface area contributed by atoms with Crippen molar-refractivity contribution in [2.75, 3.05) is 0 Å². The van der Waals surface area contributed by atoms with Gasteiger partial charge in [0.05, 0.1) is 0 Å². The van der Waals surface area contributed by atoms with E-state index in [4.69, 9.17) is 0 Å². The second-order valence-electron chi connectivity index (χ2n) is 6.99. The summed E-state index contributed by atoms with van der Waals surface area (Å²) in [5.74, 6) is 0.765. The van der Waals surface area contributed by atoms with Gasteiger partial charge >= 0.3 is 0 Å². The number of nitrogens with zero attached hydrogens (tertiary/aromatic N) is 1. The van der Waals surface area contributed by atoms with Gasteiger partial charge in [-0.2, -0.15) is 5.10 Å². The number of rotatable bonds is 3. The minimum absolute atomic E-state index is 0.184. The summed E-state index contributed by atoms with van der Waals surface area (Å²) in [6.07, 6.45) is 6.88. The summed E-state index contributed by atoms with van der Waals surface area (Å²) in [4.78, 5) is -0.184. The van der Waals surface area contributed by atoms with Gasteiger partial charge in [0.25, 0.3) is 0 Å². The van der Waals surface area contributed by atoms with Crippen LogP contribution in [-0.2, 0) is 4.87 Å². The molecule has 1 atom stereocenters. The van der Waals surface area contributed by atoms with Crippen LogP contribution in [0.2, 0.25) is 0 Å². The summed E-state index contributed by atoms with van der Waals surface area (Å²) in [5.41, 5.74) is 7.33. The van der Waals surface area contributed by atoms with Gasteiger partial charge < -0.3 is 0 Å². The molecule has 0 unspecified atom stereocenters. The predicted molar refractivity (Wildman–Crippen MR) is 103 cm³/mol. The maximum absolute atomic E-state index is 4.58. The fourth-order valence-electron chi connectivity index (χ4n) is 3.73. The largest absolute Gasteiger partial charge is 0.288 e. The Hall–Kier alpha value is -1.74. The molecule has 3 heteroatoms. The lowest BCUT2D eigenvalue weighted by molar-refractivity contribution is 0.443. The van der Waals surface area contributed by atoms with Gasteiger partial charge in [0.2, 0.25) is 0 Å². The Bertz CT molecular complexity index is 717. The van der Waals surface area contributed by atoms with Crippen LogP contribution in [0.5, 0.6) is 0 Å². The van der Waals surface area contributed by atoms with E-state index in [9.17, 15) is 0 Å². The predicted octanol–water partition coefficient (Wildman–Crippen LogP) is 5.61. The van der Waals surface area contributed by atoms with Gasteiger partial charge in [0.1, 0.15) is 9.91 Å². The van der Waals surface area contributed by atoms with Crippen LogP contribution < -0.4 is 5.43 Å². The van der Waals surface area contributed by atoms with Crippen molar-refractivity contribution < 1.29 is 0 Å². The molecule has 0 amide bonds. The first-order chi connectivity index (χ1) is 11.7. The average molecular weight is 337 g/mol. The summed E-state index contributed by atoms with van der Waals surface area (Å²) in [5, 5.41) is 5.64. The van der Waals surface area contributed by atoms with Gasteiger partial charge in [-0.25, -0.2) is 0 Å². The Morgan fingerprint density at radius 1 is 0.958 bits per heavy atom. The molecule has 0 saturated heterocycles. The van der Waals surface area contributed by atoms with Crippen molar-refractivity contribution in [3.63, 3.8) is 0 Å². The lowest BCUT2D eigenvalue weighted by atomic mass is 9.84. The third-order valence-corrected chi connectivity index (χ3v) is 6.49. The highest BCUT2D eigenvalue weighted by atomic mass is 32.2. The Balaban J connectivity index is 1.50. The van der Waals surface area contributed by atoms with Crippen molar-refractivity contribution >= 4 is 16.8 Å². The van der Waals surface area contributed by atoms with Crippen LogP contribution in [0.3, 0.4) is 0 Å². The molecule has 1 aliphatic heterocycles. The highest BCUT2D eigenvalue weighted by Crippen LogP contribution is 2.41. The minimum atomic E-state index is -0.184. The van der Waals surface area contributed by atoms with Crippen molar-refractivity contribution in [3.8, 4) is 0 Å². The van der Waals surface area contributed by atoms with Crippen molar-refractivity contribution in [1.82, 2.24) is 5.43 Å². The molecule has 4 rings (SSSR count). The number of thioether (sulfide) groups is 1. The zero-order valence-electron chi connectivity index (χ0n) is 14.2. The molecule has 0 spiro atoms. The van der Waals surface area contributed by atoms with E-state index >= 15 is 0 Å². The molecule has 2 aliphatic rings. The van der Waals surface area contributed by atoms with E-state index in [1.165, 1.54) is 48.8 Å². The molecule has 2 aromatic carbocycles. The van der Waals surface area contributed by atoms with E-state index < -0.39 is 0 Å². The zero-order valence-corrected chi connectivity index (χ0v) is 15.0. The van der Waals surface area contributed by atoms with E-state index in [1.807, 2.05) is 6.07 Å². The molecular weight excluding hydrogens is 312 g/mol. The van der Waals surface area contributed by atoms with Gasteiger partial charge in [0.15, 0.2) is 0 Å². The molecule has 0 aromatic heterocycles. The number of hydrogen-bond acceptors (Lipinski definition) is 3. The van der Waals surface area contributed by atoms with Crippen LogP contribution in [0.25, 0.3) is 0 Å². The van der Waals surface area contributed by atoms with Crippen LogP contribution in [0.15, 0.2) is 59.7 Å². The van der Waals surface area contributed by atoms with Crippen LogP contribution in [0.1, 0.15) is 61.6 Å². The zero-order chi connectivity index (χ0) is 16.4. The molecule has 0 radical (unpaired) electrons. The van der Waals surface area contributed by atoms with E-state index in [-0.39, 0.29) is 4.87 Å². The smallest absolute Gasteiger partial charge is 0.128 e. The van der Waals surface area contributed by atoms with Gasteiger partial charge in [-0.05, 0) is 36.8 Å². The molecule has 1 N–H and O–H groups in total. The first kappa shape index (κ1) is 15.8. The molecule has 2 nitrogen and oxygen atoms in total. The minimum Gasteiger partial charge on any atom is -0.288 e. The second kappa shape index (κ2) is 6.64. The maximum atomic E-state index is 4.58. The van der Waals surface area contributed by atoms with Crippen molar-refractivity contribution in [2.45, 2.75) is 49.8 Å². The van der Waals surface area contributed by atoms with Gasteiger partial charge in [-0.15, -0.1) is 0 Å². The maximum Gasteiger partial charge on any atom is 0.128 e. The van der Waals surface area contributed by atoms with E-state index in [0.717, 1.165) is 11.0 Å². The third-order valence-electron chi connectivity index (χ3n) is 5.23. The topological polar surface area (TPSA) is 24.4 Å². The molecule has 1 heterocycles. The van der Waals surface area contributed by atoms with Crippen LogP contribution >= 0.6 is 11.8 Å². The number of hydrazone groups is 1. The molecule has 0 bridgehead atoms. The lowest BCUT2D eigenvalue weighted by Gasteiger charge is -2.25. The van der Waals surface area contributed by atoms with E-state index in [1.54, 1.807) is 11.8 Å². The Morgan fingerprint density at radius 3 is 2.38 bits per heavy atom. The molecule has 124 valence electrons. The van der Waals surface area contributed by atoms with Crippen molar-refractivity contribution in [1.29, 1.82) is 0 Å². The molecule has 1 aliphatic carbocycles. The summed E-state index contributed by atoms with van der Waals surface area (Å²) in [7, 11) is 0. The Labute approximate surface area is 148 Å². The normalized spacial score (nSPS) is 24.5. The quantitative estimate of drug-likeness (QED) is 0.788. The fraction of sp³-hybridized carbons (Fsp3) is 0.381. The van der Waals surface area contributed by atoms with Crippen molar-refractivity contribution in [2.24, 2.45) is 5.10 Å². The standard InChI is InChI=1S/C21H24N2S/c1-21(23-22-20(24-21)18-10-6-3-7-11-18)19-14-12-17(13-15-19)16-8-4-2-5-9-16/h3,6-7,10-16,23H,2,4-5,8-9H2,1H3/t21-/m1/s1. The fourth-order valence-corrected chi connectivity index (χ4v) is 4.81. The number of nitrogens with one attached hydrogen (secondary N) is 1.